The van der Waals surface area contributed by atoms with Crippen LogP contribution in [0.25, 0.3) is 0 Å². The summed E-state index contributed by atoms with van der Waals surface area (Å²) in [7, 11) is -0.573. The fraction of sp³-hybridized carbons (Fsp3) is 0.588. The number of rotatable bonds is 4. The van der Waals surface area contributed by atoms with Gasteiger partial charge in [0, 0.05) is 0 Å². The van der Waals surface area contributed by atoms with Gasteiger partial charge in [0.2, 0.25) is 0 Å². The molecule has 2 aliphatic rings. The molecule has 124 valence electrons. The van der Waals surface area contributed by atoms with Crippen LogP contribution in [-0.4, -0.2) is 35.5 Å². The summed E-state index contributed by atoms with van der Waals surface area (Å²) in [5.74, 6) is -0.583. The van der Waals surface area contributed by atoms with Crippen LogP contribution in [0, 0.1) is 0 Å². The predicted octanol–water partition coefficient (Wildman–Crippen LogP) is 2.62. The van der Waals surface area contributed by atoms with Crippen LogP contribution >= 0.6 is 0 Å². The highest BCUT2D eigenvalue weighted by Gasteiger charge is 2.51. The molecule has 0 atom stereocenters. The van der Waals surface area contributed by atoms with Crippen molar-refractivity contribution in [3.05, 3.63) is 23.8 Å². The van der Waals surface area contributed by atoms with Gasteiger partial charge in [0.25, 0.3) is 0 Å². The molecule has 1 aromatic carbocycles. The standard InChI is InChI=1S/C17H23BO5/c1-16(2)17(3,4)23-18(22-16)11-8-9-14(13(10-11)15(19)20)21-12-6-5-7-12/h8-10,12H,5-7H2,1-4H3,(H,19,20). The quantitative estimate of drug-likeness (QED) is 0.865. The van der Waals surface area contributed by atoms with Crippen molar-refractivity contribution in [2.45, 2.75) is 64.3 Å². The third-order valence-electron chi connectivity index (χ3n) is 5.11. The Balaban J connectivity index is 1.86. The van der Waals surface area contributed by atoms with Gasteiger partial charge in [-0.3, -0.25) is 0 Å². The summed E-state index contributed by atoms with van der Waals surface area (Å²) in [5.41, 5.74) is -0.0595. The third kappa shape index (κ3) is 2.97. The van der Waals surface area contributed by atoms with Crippen LogP contribution in [0.1, 0.15) is 57.3 Å². The van der Waals surface area contributed by atoms with Crippen molar-refractivity contribution in [1.82, 2.24) is 0 Å². The number of aromatic carboxylic acids is 1. The van der Waals surface area contributed by atoms with E-state index in [0.29, 0.717) is 11.2 Å². The molecule has 23 heavy (non-hydrogen) atoms. The topological polar surface area (TPSA) is 65.0 Å². The lowest BCUT2D eigenvalue weighted by atomic mass is 9.78. The van der Waals surface area contributed by atoms with E-state index in [1.807, 2.05) is 33.8 Å². The van der Waals surface area contributed by atoms with Crippen molar-refractivity contribution < 1.29 is 23.9 Å². The number of carboxylic acids is 1. The highest BCUT2D eigenvalue weighted by atomic mass is 16.7. The monoisotopic (exact) mass is 318 g/mol. The van der Waals surface area contributed by atoms with E-state index in [-0.39, 0.29) is 11.7 Å². The molecule has 0 radical (unpaired) electrons. The maximum atomic E-state index is 11.6. The number of benzene rings is 1. The van der Waals surface area contributed by atoms with E-state index in [1.165, 1.54) is 0 Å². The Bertz CT molecular complexity index is 605. The maximum absolute atomic E-state index is 11.6. The molecule has 1 aliphatic heterocycles. The van der Waals surface area contributed by atoms with E-state index in [4.69, 9.17) is 14.0 Å². The zero-order chi connectivity index (χ0) is 16.8. The fourth-order valence-corrected chi connectivity index (χ4v) is 2.61. The molecular weight excluding hydrogens is 295 g/mol. The van der Waals surface area contributed by atoms with E-state index >= 15 is 0 Å². The van der Waals surface area contributed by atoms with Crippen LogP contribution in [0.3, 0.4) is 0 Å². The molecule has 1 N–H and O–H groups in total. The van der Waals surface area contributed by atoms with Crippen LogP contribution < -0.4 is 10.2 Å². The van der Waals surface area contributed by atoms with Gasteiger partial charge in [-0.25, -0.2) is 4.79 Å². The van der Waals surface area contributed by atoms with E-state index in [0.717, 1.165) is 19.3 Å². The Morgan fingerprint density at radius 1 is 1.22 bits per heavy atom. The molecule has 0 aromatic heterocycles. The molecule has 0 bridgehead atoms. The first-order valence-electron chi connectivity index (χ1n) is 8.09. The largest absolute Gasteiger partial charge is 0.494 e. The SMILES string of the molecule is CC1(C)OB(c2ccc(OC3CCC3)c(C(=O)O)c2)OC1(C)C. The molecule has 0 spiro atoms. The molecule has 1 saturated carbocycles. The second-order valence-corrected chi connectivity index (χ2v) is 7.32. The number of ether oxygens (including phenoxy) is 1. The van der Waals surface area contributed by atoms with Crippen molar-refractivity contribution in [1.29, 1.82) is 0 Å². The molecule has 5 nitrogen and oxygen atoms in total. The van der Waals surface area contributed by atoms with Gasteiger partial charge in [0.15, 0.2) is 0 Å². The van der Waals surface area contributed by atoms with Crippen LogP contribution in [0.2, 0.25) is 0 Å². The molecule has 1 saturated heterocycles. The Morgan fingerprint density at radius 2 is 1.83 bits per heavy atom. The minimum absolute atomic E-state index is 0.135. The summed E-state index contributed by atoms with van der Waals surface area (Å²) >= 11 is 0. The Labute approximate surface area is 137 Å². The van der Waals surface area contributed by atoms with Gasteiger partial charge >= 0.3 is 13.1 Å². The number of hydrogen-bond acceptors (Lipinski definition) is 4. The fourth-order valence-electron chi connectivity index (χ4n) is 2.61. The van der Waals surface area contributed by atoms with Gasteiger partial charge in [-0.1, -0.05) is 6.07 Å². The second-order valence-electron chi connectivity index (χ2n) is 7.32. The Hall–Kier alpha value is -1.53. The van der Waals surface area contributed by atoms with Gasteiger partial charge in [0.1, 0.15) is 11.3 Å². The van der Waals surface area contributed by atoms with E-state index in [9.17, 15) is 9.90 Å². The van der Waals surface area contributed by atoms with Gasteiger partial charge in [-0.2, -0.15) is 0 Å². The lowest BCUT2D eigenvalue weighted by Gasteiger charge is -2.32. The van der Waals surface area contributed by atoms with Crippen molar-refractivity contribution in [3.8, 4) is 5.75 Å². The zero-order valence-corrected chi connectivity index (χ0v) is 14.1. The smallest absolute Gasteiger partial charge is 0.490 e. The molecule has 0 unspecified atom stereocenters. The lowest BCUT2D eigenvalue weighted by Crippen LogP contribution is -2.41. The summed E-state index contributed by atoms with van der Waals surface area (Å²) in [6.45, 7) is 7.89. The van der Waals surface area contributed by atoms with Crippen molar-refractivity contribution in [2.24, 2.45) is 0 Å². The van der Waals surface area contributed by atoms with Gasteiger partial charge in [-0.05, 0) is 64.6 Å². The van der Waals surface area contributed by atoms with Crippen molar-refractivity contribution in [3.63, 3.8) is 0 Å². The molecule has 3 rings (SSSR count). The van der Waals surface area contributed by atoms with Crippen LogP contribution in [-0.2, 0) is 9.31 Å². The number of carbonyl (C=O) groups is 1. The van der Waals surface area contributed by atoms with Crippen molar-refractivity contribution >= 4 is 18.6 Å². The number of hydrogen-bond donors (Lipinski definition) is 1. The maximum Gasteiger partial charge on any atom is 0.494 e. The van der Waals surface area contributed by atoms with E-state index in [1.54, 1.807) is 12.1 Å². The van der Waals surface area contributed by atoms with Crippen molar-refractivity contribution in [2.75, 3.05) is 0 Å². The molecular formula is C17H23BO5. The highest BCUT2D eigenvalue weighted by molar-refractivity contribution is 6.62. The summed E-state index contributed by atoms with van der Waals surface area (Å²) in [5, 5.41) is 9.48. The van der Waals surface area contributed by atoms with E-state index in [2.05, 4.69) is 0 Å². The highest BCUT2D eigenvalue weighted by Crippen LogP contribution is 2.37. The lowest BCUT2D eigenvalue weighted by molar-refractivity contribution is 0.00578. The normalized spacial score (nSPS) is 22.7. The molecule has 1 aromatic rings. The molecule has 2 fully saturated rings. The Morgan fingerprint density at radius 3 is 2.30 bits per heavy atom. The third-order valence-corrected chi connectivity index (χ3v) is 5.11. The first kappa shape index (κ1) is 16.3. The van der Waals surface area contributed by atoms with Gasteiger partial charge in [-0.15, -0.1) is 0 Å². The first-order valence-corrected chi connectivity index (χ1v) is 8.09. The minimum Gasteiger partial charge on any atom is -0.490 e. The minimum atomic E-state index is -1.00. The van der Waals surface area contributed by atoms with Crippen LogP contribution in [0.4, 0.5) is 0 Å². The average Bonchev–Trinajstić information content (AvgIpc) is 2.62. The van der Waals surface area contributed by atoms with E-state index < -0.39 is 24.3 Å². The van der Waals surface area contributed by atoms with Crippen LogP contribution in [0.15, 0.2) is 18.2 Å². The molecule has 0 amide bonds. The Kier molecular flexibility index (Phi) is 3.93. The molecule has 1 heterocycles. The molecule has 1 aliphatic carbocycles. The summed E-state index contributed by atoms with van der Waals surface area (Å²) in [6, 6.07) is 5.13. The van der Waals surface area contributed by atoms with Gasteiger partial charge in [0.05, 0.1) is 17.3 Å². The molecule has 6 heteroatoms. The average molecular weight is 318 g/mol. The predicted molar refractivity (Wildman–Crippen MR) is 87.4 cm³/mol. The summed E-state index contributed by atoms with van der Waals surface area (Å²) in [6.07, 6.45) is 3.24. The summed E-state index contributed by atoms with van der Waals surface area (Å²) < 4.78 is 17.7. The summed E-state index contributed by atoms with van der Waals surface area (Å²) in [4.78, 5) is 11.6. The van der Waals surface area contributed by atoms with Crippen LogP contribution in [0.5, 0.6) is 5.75 Å². The number of carboxylic acid groups (broad SMARTS) is 1. The first-order chi connectivity index (χ1) is 10.7. The van der Waals surface area contributed by atoms with Gasteiger partial charge < -0.3 is 19.2 Å². The second kappa shape index (κ2) is 5.53. The zero-order valence-electron chi connectivity index (χ0n) is 14.1.